The van der Waals surface area contributed by atoms with Crippen LogP contribution in [0.2, 0.25) is 0 Å². The van der Waals surface area contributed by atoms with Gasteiger partial charge in [0.2, 0.25) is 0 Å². The molecule has 1 aliphatic carbocycles. The van der Waals surface area contributed by atoms with Gasteiger partial charge in [0, 0.05) is 34.8 Å². The normalized spacial score (nSPS) is 20.8. The summed E-state index contributed by atoms with van der Waals surface area (Å²) < 4.78 is 98.1. The molecule has 2 aliphatic heterocycles. The summed E-state index contributed by atoms with van der Waals surface area (Å²) >= 11 is 0. The Balaban J connectivity index is 1.49. The molecule has 3 aromatic rings. The summed E-state index contributed by atoms with van der Waals surface area (Å²) in [5.74, 6) is -3.35. The highest BCUT2D eigenvalue weighted by atomic mass is 19.4. The molecule has 6 nitrogen and oxygen atoms in total. The Kier molecular flexibility index (Phi) is 8.43. The quantitative estimate of drug-likeness (QED) is 0.171. The van der Waals surface area contributed by atoms with Gasteiger partial charge in [-0.05, 0) is 74.7 Å². The van der Waals surface area contributed by atoms with Crippen molar-refractivity contribution in [2.45, 2.75) is 89.8 Å². The monoisotopic (exact) mass is 646 g/mol. The van der Waals surface area contributed by atoms with E-state index in [1.807, 2.05) is 6.92 Å². The number of phenolic OH excluding ortho intramolecular Hbond substituents is 1. The molecular weight excluding hydrogens is 603 g/mol. The number of aromatic hydroxyl groups is 1. The minimum Gasteiger partial charge on any atom is -0.508 e. The number of hydrogen-bond donors (Lipinski definition) is 1. The van der Waals surface area contributed by atoms with Gasteiger partial charge in [0.05, 0.1) is 26.0 Å². The second kappa shape index (κ2) is 13.0. The Morgan fingerprint density at radius 3 is 2.57 bits per heavy atom. The highest BCUT2D eigenvalue weighted by Crippen LogP contribution is 2.47. The Morgan fingerprint density at radius 2 is 1.87 bits per heavy atom. The zero-order valence-corrected chi connectivity index (χ0v) is 26.1. The van der Waals surface area contributed by atoms with Gasteiger partial charge in [-0.3, -0.25) is 0 Å². The predicted octanol–water partition coefficient (Wildman–Crippen LogP) is 6.91. The molecule has 46 heavy (non-hydrogen) atoms. The summed E-state index contributed by atoms with van der Waals surface area (Å²) in [6.45, 7) is 4.11. The first kappa shape index (κ1) is 29.9. The maximum atomic E-state index is 15.2. The number of nitrogens with zero attached hydrogens (tertiary/aromatic N) is 4. The summed E-state index contributed by atoms with van der Waals surface area (Å²) in [5.41, 5.74) is -0.859. The number of rotatable bonds is 12. The molecule has 1 saturated heterocycles. The van der Waals surface area contributed by atoms with Crippen LogP contribution in [-0.2, 0) is 0 Å². The molecule has 0 amide bonds. The average molecular weight is 647 g/mol. The first-order valence-electron chi connectivity index (χ1n) is 17.2. The lowest BCUT2D eigenvalue weighted by Crippen LogP contribution is -2.51. The minimum absolute atomic E-state index is 0.0121. The summed E-state index contributed by atoms with van der Waals surface area (Å²) in [4.78, 5) is 12.0. The molecule has 2 fully saturated rings. The lowest BCUT2D eigenvalue weighted by molar-refractivity contribution is -0.132. The molecular formula is C35H41F5N4O2. The van der Waals surface area contributed by atoms with E-state index in [1.165, 1.54) is 6.07 Å². The molecule has 2 aromatic carbocycles. The second-order valence-electron chi connectivity index (χ2n) is 13.0. The SMILES string of the molecule is [2H]C([2H])(Oc1nc(C(C)CCCCCC)c2c(n1)=CN(c1cc(O)cc3ccc(F)c(F)c13)C(C(F)(F)F)C=2)C1(CN2CCCC2)CC1. The van der Waals surface area contributed by atoms with Crippen LogP contribution in [0.3, 0.4) is 0 Å². The van der Waals surface area contributed by atoms with Crippen molar-refractivity contribution in [2.75, 3.05) is 31.1 Å². The zero-order chi connectivity index (χ0) is 34.4. The van der Waals surface area contributed by atoms with Gasteiger partial charge >= 0.3 is 12.2 Å². The molecule has 0 spiro atoms. The van der Waals surface area contributed by atoms with Gasteiger partial charge in [-0.2, -0.15) is 23.1 Å². The first-order chi connectivity index (χ1) is 22.7. The largest absolute Gasteiger partial charge is 0.508 e. The van der Waals surface area contributed by atoms with Crippen molar-refractivity contribution in [3.05, 3.63) is 52.2 Å². The smallest absolute Gasteiger partial charge is 0.412 e. The molecule has 2 atom stereocenters. The predicted molar refractivity (Wildman–Crippen MR) is 168 cm³/mol. The number of fused-ring (bicyclic) bond motifs is 2. The van der Waals surface area contributed by atoms with Crippen LogP contribution in [0.1, 0.15) is 86.0 Å². The van der Waals surface area contributed by atoms with Gasteiger partial charge in [-0.1, -0.05) is 45.6 Å². The fourth-order valence-electron chi connectivity index (χ4n) is 6.64. The van der Waals surface area contributed by atoms with Gasteiger partial charge in [-0.25, -0.2) is 8.78 Å². The second-order valence-corrected chi connectivity index (χ2v) is 13.0. The first-order valence-corrected chi connectivity index (χ1v) is 16.2. The number of benzene rings is 2. The van der Waals surface area contributed by atoms with Crippen molar-refractivity contribution in [3.63, 3.8) is 0 Å². The molecule has 2 unspecified atom stereocenters. The van der Waals surface area contributed by atoms with Crippen LogP contribution in [0.4, 0.5) is 27.6 Å². The van der Waals surface area contributed by atoms with Crippen molar-refractivity contribution in [2.24, 2.45) is 5.41 Å². The van der Waals surface area contributed by atoms with Crippen LogP contribution >= 0.6 is 0 Å². The number of anilines is 1. The number of phenols is 1. The van der Waals surface area contributed by atoms with Crippen molar-refractivity contribution in [3.8, 4) is 11.8 Å². The molecule has 248 valence electrons. The standard InChI is InChI=1S/C35H41F5N4O2/c1-3-4-5-6-9-22(2)32-25-18-29(35(38,39)40)44(28-17-24(45)16-23-10-11-26(36)31(37)30(23)28)19-27(25)41-33(42-32)46-21-34(12-13-34)20-43-14-7-8-15-43/h10-11,16-19,22,29,45H,3-9,12-15,20-21H2,1-2H3/i21D2. The third kappa shape index (κ3) is 6.80. The summed E-state index contributed by atoms with van der Waals surface area (Å²) in [6.07, 6.45) is 4.96. The maximum Gasteiger partial charge on any atom is 0.412 e. The maximum absolute atomic E-state index is 15.2. The number of halogens is 5. The summed E-state index contributed by atoms with van der Waals surface area (Å²) in [7, 11) is 0. The molecule has 1 aromatic heterocycles. The van der Waals surface area contributed by atoms with Gasteiger partial charge < -0.3 is 19.6 Å². The van der Waals surface area contributed by atoms with Crippen LogP contribution in [0, 0.1) is 17.0 Å². The van der Waals surface area contributed by atoms with E-state index in [0.717, 1.165) is 87.0 Å². The lowest BCUT2D eigenvalue weighted by Gasteiger charge is -2.33. The van der Waals surface area contributed by atoms with Gasteiger partial charge in [0.1, 0.15) is 11.8 Å². The van der Waals surface area contributed by atoms with Gasteiger partial charge in [-0.15, -0.1) is 0 Å². The zero-order valence-electron chi connectivity index (χ0n) is 28.1. The van der Waals surface area contributed by atoms with E-state index < -0.39 is 52.6 Å². The van der Waals surface area contributed by atoms with Crippen molar-refractivity contribution in [1.82, 2.24) is 14.9 Å². The molecule has 0 bridgehead atoms. The number of aromatic nitrogens is 2. The van der Waals surface area contributed by atoms with Crippen LogP contribution < -0.4 is 20.2 Å². The van der Waals surface area contributed by atoms with Gasteiger partial charge in [0.15, 0.2) is 11.6 Å². The molecule has 1 N–H and O–H groups in total. The Morgan fingerprint density at radius 1 is 1.11 bits per heavy atom. The molecule has 1 saturated carbocycles. The highest BCUT2D eigenvalue weighted by molar-refractivity contribution is 5.98. The summed E-state index contributed by atoms with van der Waals surface area (Å²) in [6, 6.07) is 1.51. The van der Waals surface area contributed by atoms with E-state index in [0.29, 0.717) is 31.5 Å². The van der Waals surface area contributed by atoms with E-state index >= 15 is 4.39 Å². The number of unbranched alkanes of at least 4 members (excludes halogenated alkanes) is 3. The van der Waals surface area contributed by atoms with Crippen LogP contribution in [0.15, 0.2) is 24.3 Å². The highest BCUT2D eigenvalue weighted by Gasteiger charge is 2.46. The van der Waals surface area contributed by atoms with E-state index in [-0.39, 0.29) is 27.9 Å². The lowest BCUT2D eigenvalue weighted by atomic mass is 9.95. The third-order valence-corrected chi connectivity index (χ3v) is 9.35. The van der Waals surface area contributed by atoms with Crippen molar-refractivity contribution < 1.29 is 34.5 Å². The Bertz CT molecular complexity index is 1790. The van der Waals surface area contributed by atoms with E-state index in [9.17, 15) is 22.7 Å². The topological polar surface area (TPSA) is 61.7 Å². The number of ether oxygens (including phenoxy) is 1. The van der Waals surface area contributed by atoms with E-state index in [4.69, 9.17) is 7.48 Å². The number of likely N-dealkylation sites (tertiary alicyclic amines) is 1. The molecule has 0 radical (unpaired) electrons. The van der Waals surface area contributed by atoms with Crippen LogP contribution in [-0.4, -0.2) is 58.4 Å². The van der Waals surface area contributed by atoms with Crippen molar-refractivity contribution in [1.29, 1.82) is 0 Å². The fraction of sp³-hybridized carbons (Fsp3) is 0.543. The molecule has 6 rings (SSSR count). The van der Waals surface area contributed by atoms with Gasteiger partial charge in [0.25, 0.3) is 0 Å². The number of hydrogen-bond acceptors (Lipinski definition) is 6. The van der Waals surface area contributed by atoms with Crippen LogP contribution in [0.5, 0.6) is 11.8 Å². The Hall–Kier alpha value is -3.47. The molecule has 3 aliphatic rings. The average Bonchev–Trinajstić information content (AvgIpc) is 3.65. The fourth-order valence-corrected chi connectivity index (χ4v) is 6.64. The minimum atomic E-state index is -4.88. The van der Waals surface area contributed by atoms with E-state index in [1.54, 1.807) is 0 Å². The molecule has 11 heteroatoms. The summed E-state index contributed by atoms with van der Waals surface area (Å²) in [5, 5.41) is 10.2. The van der Waals surface area contributed by atoms with Crippen LogP contribution in [0.25, 0.3) is 23.0 Å². The third-order valence-electron chi connectivity index (χ3n) is 9.35. The van der Waals surface area contributed by atoms with Crippen molar-refractivity contribution >= 4 is 28.7 Å². The molecule has 3 heterocycles. The number of alkyl halides is 3. The van der Waals surface area contributed by atoms with E-state index in [2.05, 4.69) is 21.8 Å². The Labute approximate surface area is 268 Å².